The Kier molecular flexibility index (Phi) is 6.99. The summed E-state index contributed by atoms with van der Waals surface area (Å²) < 4.78 is 16.6. The number of hydrogen-bond acceptors (Lipinski definition) is 7. The van der Waals surface area contributed by atoms with E-state index in [1.54, 1.807) is 26.8 Å². The highest BCUT2D eigenvalue weighted by molar-refractivity contribution is 6.74. The van der Waals surface area contributed by atoms with Gasteiger partial charge in [-0.3, -0.25) is 15.0 Å². The van der Waals surface area contributed by atoms with E-state index in [4.69, 9.17) is 13.9 Å². The van der Waals surface area contributed by atoms with E-state index in [1.807, 2.05) is 13.1 Å². The highest BCUT2D eigenvalue weighted by Crippen LogP contribution is 2.42. The van der Waals surface area contributed by atoms with Crippen LogP contribution in [0.2, 0.25) is 18.1 Å². The van der Waals surface area contributed by atoms with E-state index in [9.17, 15) is 19.7 Å². The standard InChI is InChI=1S/C22H34N2O7Si/c1-21(2,3)30-20(26)23-13-15-12-18(31-32(8,9)22(4,5)6)16(24(27)28)10-14(15)11-17(23)19(25)29-7/h10,12,17H,11,13H2,1-9H3/t17-/m0/s1. The molecule has 0 spiro atoms. The third kappa shape index (κ3) is 5.59. The normalized spacial score (nSPS) is 16.8. The van der Waals surface area contributed by atoms with Crippen LogP contribution in [-0.2, 0) is 27.2 Å². The number of nitro groups is 1. The van der Waals surface area contributed by atoms with Gasteiger partial charge in [-0.05, 0) is 56.1 Å². The third-order valence-electron chi connectivity index (χ3n) is 5.88. The average molecular weight is 467 g/mol. The van der Waals surface area contributed by atoms with Crippen LogP contribution >= 0.6 is 0 Å². The first-order chi connectivity index (χ1) is 14.5. The van der Waals surface area contributed by atoms with Crippen LogP contribution in [0.15, 0.2) is 12.1 Å². The Balaban J connectivity index is 2.54. The lowest BCUT2D eigenvalue weighted by atomic mass is 9.93. The molecule has 0 radical (unpaired) electrons. The Labute approximate surface area is 190 Å². The van der Waals surface area contributed by atoms with Gasteiger partial charge < -0.3 is 13.9 Å². The first kappa shape index (κ1) is 25.6. The molecule has 1 aliphatic heterocycles. The molecule has 10 heteroatoms. The first-order valence-electron chi connectivity index (χ1n) is 10.5. The van der Waals surface area contributed by atoms with Crippen molar-refractivity contribution >= 4 is 26.1 Å². The average Bonchev–Trinajstić information content (AvgIpc) is 2.63. The van der Waals surface area contributed by atoms with E-state index in [0.717, 1.165) is 0 Å². The zero-order valence-corrected chi connectivity index (χ0v) is 21.4. The van der Waals surface area contributed by atoms with Crippen molar-refractivity contribution in [3.05, 3.63) is 33.4 Å². The number of ether oxygens (including phenoxy) is 2. The summed E-state index contributed by atoms with van der Waals surface area (Å²) in [6.45, 7) is 15.4. The lowest BCUT2D eigenvalue weighted by Gasteiger charge is -2.38. The van der Waals surface area contributed by atoms with Gasteiger partial charge in [0.15, 0.2) is 5.75 Å². The molecule has 1 aliphatic rings. The van der Waals surface area contributed by atoms with Gasteiger partial charge in [0.25, 0.3) is 8.32 Å². The van der Waals surface area contributed by atoms with Crippen LogP contribution in [0.25, 0.3) is 0 Å². The second-order valence-electron chi connectivity index (χ2n) is 10.6. The third-order valence-corrected chi connectivity index (χ3v) is 10.2. The zero-order valence-electron chi connectivity index (χ0n) is 20.4. The lowest BCUT2D eigenvalue weighted by Crippen LogP contribution is -2.50. The summed E-state index contributed by atoms with van der Waals surface area (Å²) in [7, 11) is -1.12. The first-order valence-corrected chi connectivity index (χ1v) is 13.4. The number of methoxy groups -OCH3 is 1. The smallest absolute Gasteiger partial charge is 0.411 e. The molecular weight excluding hydrogens is 432 g/mol. The van der Waals surface area contributed by atoms with Crippen molar-refractivity contribution in [2.24, 2.45) is 0 Å². The molecule has 1 aromatic carbocycles. The van der Waals surface area contributed by atoms with Crippen LogP contribution in [0, 0.1) is 10.1 Å². The van der Waals surface area contributed by atoms with Gasteiger partial charge in [0.05, 0.1) is 18.6 Å². The Bertz CT molecular complexity index is 916. The molecule has 0 fully saturated rings. The predicted octanol–water partition coefficient (Wildman–Crippen LogP) is 4.81. The van der Waals surface area contributed by atoms with Crippen molar-refractivity contribution in [3.8, 4) is 5.75 Å². The second kappa shape index (κ2) is 8.72. The fourth-order valence-electron chi connectivity index (χ4n) is 3.11. The highest BCUT2D eigenvalue weighted by atomic mass is 28.4. The molecule has 0 bridgehead atoms. The lowest BCUT2D eigenvalue weighted by molar-refractivity contribution is -0.385. The molecule has 0 aromatic heterocycles. The number of hydrogen-bond donors (Lipinski definition) is 0. The molecule has 0 unspecified atom stereocenters. The zero-order chi connectivity index (χ0) is 24.6. The van der Waals surface area contributed by atoms with Crippen LogP contribution in [0.3, 0.4) is 0 Å². The molecule has 1 aromatic rings. The van der Waals surface area contributed by atoms with Crippen LogP contribution in [0.4, 0.5) is 10.5 Å². The second-order valence-corrected chi connectivity index (χ2v) is 15.3. The van der Waals surface area contributed by atoms with Gasteiger partial charge in [0.1, 0.15) is 11.6 Å². The molecule has 0 saturated heterocycles. The number of fused-ring (bicyclic) bond motifs is 1. The van der Waals surface area contributed by atoms with Crippen molar-refractivity contribution in [2.45, 2.75) is 84.3 Å². The van der Waals surface area contributed by atoms with Crippen LogP contribution in [-0.4, -0.2) is 49.0 Å². The van der Waals surface area contributed by atoms with Crippen LogP contribution in [0.1, 0.15) is 52.7 Å². The quantitative estimate of drug-likeness (QED) is 0.271. The fraction of sp³-hybridized carbons (Fsp3) is 0.636. The van der Waals surface area contributed by atoms with Gasteiger partial charge in [0.2, 0.25) is 0 Å². The Morgan fingerprint density at radius 1 is 1.12 bits per heavy atom. The van der Waals surface area contributed by atoms with Crippen molar-refractivity contribution in [1.82, 2.24) is 4.90 Å². The molecule has 0 aliphatic carbocycles. The predicted molar refractivity (Wildman–Crippen MR) is 122 cm³/mol. The highest BCUT2D eigenvalue weighted by Gasteiger charge is 2.42. The van der Waals surface area contributed by atoms with Crippen LogP contribution in [0.5, 0.6) is 5.75 Å². The largest absolute Gasteiger partial charge is 0.539 e. The Morgan fingerprint density at radius 2 is 1.72 bits per heavy atom. The minimum Gasteiger partial charge on any atom is -0.539 e. The summed E-state index contributed by atoms with van der Waals surface area (Å²) in [6, 6.07) is 2.13. The van der Waals surface area contributed by atoms with Gasteiger partial charge in [-0.1, -0.05) is 20.8 Å². The summed E-state index contributed by atoms with van der Waals surface area (Å²) in [5.41, 5.74) is 0.386. The van der Waals surface area contributed by atoms with E-state index < -0.39 is 36.9 Å². The summed E-state index contributed by atoms with van der Waals surface area (Å²) in [6.07, 6.45) is -0.564. The van der Waals surface area contributed by atoms with Gasteiger partial charge in [0, 0.05) is 12.5 Å². The molecule has 2 rings (SSSR count). The van der Waals surface area contributed by atoms with E-state index in [2.05, 4.69) is 20.8 Å². The summed E-state index contributed by atoms with van der Waals surface area (Å²) >= 11 is 0. The maximum atomic E-state index is 12.8. The van der Waals surface area contributed by atoms with E-state index in [1.165, 1.54) is 18.1 Å². The Hall–Kier alpha value is -2.62. The van der Waals surface area contributed by atoms with Crippen molar-refractivity contribution in [2.75, 3.05) is 7.11 Å². The Morgan fingerprint density at radius 3 is 2.19 bits per heavy atom. The number of nitro benzene ring substituents is 1. The van der Waals surface area contributed by atoms with E-state index in [-0.39, 0.29) is 29.4 Å². The summed E-state index contributed by atoms with van der Waals surface area (Å²) in [4.78, 5) is 37.9. The van der Waals surface area contributed by atoms with Gasteiger partial charge in [-0.2, -0.15) is 0 Å². The number of benzene rings is 1. The van der Waals surface area contributed by atoms with Gasteiger partial charge in [-0.15, -0.1) is 0 Å². The number of amides is 1. The fourth-order valence-corrected chi connectivity index (χ4v) is 4.13. The maximum Gasteiger partial charge on any atom is 0.411 e. The summed E-state index contributed by atoms with van der Waals surface area (Å²) in [5, 5.41) is 11.7. The molecular formula is C22H34N2O7Si. The van der Waals surface area contributed by atoms with Gasteiger partial charge >= 0.3 is 17.7 Å². The SMILES string of the molecule is COC(=O)[C@@H]1Cc2cc([N+](=O)[O-])c(O[Si](C)(C)C(C)(C)C)cc2CN1C(=O)OC(C)(C)C. The van der Waals surface area contributed by atoms with Crippen molar-refractivity contribution in [1.29, 1.82) is 0 Å². The molecule has 32 heavy (non-hydrogen) atoms. The van der Waals surface area contributed by atoms with Crippen molar-refractivity contribution in [3.63, 3.8) is 0 Å². The van der Waals surface area contributed by atoms with E-state index >= 15 is 0 Å². The minimum atomic E-state index is -2.36. The summed E-state index contributed by atoms with van der Waals surface area (Å²) in [5.74, 6) is -0.424. The molecule has 1 heterocycles. The van der Waals surface area contributed by atoms with Gasteiger partial charge in [-0.25, -0.2) is 9.59 Å². The molecule has 0 N–H and O–H groups in total. The number of rotatable bonds is 4. The number of carbonyl (C=O) groups excluding carboxylic acids is 2. The monoisotopic (exact) mass is 466 g/mol. The number of nitrogens with zero attached hydrogens (tertiary/aromatic N) is 2. The molecule has 1 amide bonds. The van der Waals surface area contributed by atoms with Crippen molar-refractivity contribution < 1.29 is 28.4 Å². The molecule has 178 valence electrons. The maximum absolute atomic E-state index is 12.8. The van der Waals surface area contributed by atoms with E-state index in [0.29, 0.717) is 11.1 Å². The number of esters is 1. The molecule has 0 saturated carbocycles. The molecule has 1 atom stereocenters. The topological polar surface area (TPSA) is 108 Å². The minimum absolute atomic E-state index is 0.0515. The molecule has 9 nitrogen and oxygen atoms in total. The number of carbonyl (C=O) groups is 2. The van der Waals surface area contributed by atoms with Crippen LogP contribution < -0.4 is 4.43 Å².